The Hall–Kier alpha value is -6.38. The van der Waals surface area contributed by atoms with E-state index in [4.69, 9.17) is 5.26 Å². The van der Waals surface area contributed by atoms with Crippen molar-refractivity contribution in [1.29, 1.82) is 5.26 Å². The van der Waals surface area contributed by atoms with E-state index in [1.165, 1.54) is 27.9 Å². The molecule has 0 aliphatic rings. The highest BCUT2D eigenvalue weighted by atomic mass is 16.4. The minimum atomic E-state index is -1.24. The van der Waals surface area contributed by atoms with Crippen LogP contribution < -0.4 is 0 Å². The second-order valence-corrected chi connectivity index (χ2v) is 11.1. The molecular formula is C40H25N3O2. The third-order valence-electron chi connectivity index (χ3n) is 8.51. The Bertz CT molecular complexity index is 2510. The van der Waals surface area contributed by atoms with Crippen molar-refractivity contribution in [2.75, 3.05) is 0 Å². The van der Waals surface area contributed by atoms with E-state index >= 15 is 0 Å². The fourth-order valence-electron chi connectivity index (χ4n) is 6.47. The molecule has 45 heavy (non-hydrogen) atoms. The number of aliphatic carboxylic acids is 1. The van der Waals surface area contributed by atoms with Crippen LogP contribution in [0.15, 0.2) is 145 Å². The number of hydrogen-bond acceptors (Lipinski definition) is 2. The summed E-state index contributed by atoms with van der Waals surface area (Å²) in [5.41, 5.74) is 9.26. The number of nitrogens with zero attached hydrogens (tertiary/aromatic N) is 3. The van der Waals surface area contributed by atoms with Crippen molar-refractivity contribution in [3.8, 4) is 28.6 Å². The molecule has 0 saturated heterocycles. The first kappa shape index (κ1) is 26.3. The van der Waals surface area contributed by atoms with Crippen LogP contribution in [0.3, 0.4) is 0 Å². The van der Waals surface area contributed by atoms with Crippen LogP contribution in [-0.4, -0.2) is 20.2 Å². The van der Waals surface area contributed by atoms with E-state index in [-0.39, 0.29) is 5.57 Å². The Morgan fingerprint density at radius 2 is 1.02 bits per heavy atom. The van der Waals surface area contributed by atoms with E-state index in [0.29, 0.717) is 5.56 Å². The van der Waals surface area contributed by atoms with Gasteiger partial charge in [-0.15, -0.1) is 0 Å². The van der Waals surface area contributed by atoms with Crippen molar-refractivity contribution < 1.29 is 9.90 Å². The van der Waals surface area contributed by atoms with Crippen LogP contribution in [0.4, 0.5) is 0 Å². The van der Waals surface area contributed by atoms with Gasteiger partial charge in [-0.3, -0.25) is 0 Å². The molecular weight excluding hydrogens is 554 g/mol. The van der Waals surface area contributed by atoms with Crippen LogP contribution >= 0.6 is 0 Å². The average molecular weight is 580 g/mol. The monoisotopic (exact) mass is 579 g/mol. The van der Waals surface area contributed by atoms with Gasteiger partial charge >= 0.3 is 5.97 Å². The Labute approximate surface area is 258 Å². The van der Waals surface area contributed by atoms with Gasteiger partial charge in [0.1, 0.15) is 11.6 Å². The number of fused-ring (bicyclic) bond motifs is 6. The maximum absolute atomic E-state index is 11.3. The second-order valence-electron chi connectivity index (χ2n) is 11.1. The number of carboxylic acid groups (broad SMARTS) is 1. The molecule has 0 aliphatic carbocycles. The summed E-state index contributed by atoms with van der Waals surface area (Å²) in [6.45, 7) is 0. The molecule has 0 amide bonds. The fraction of sp³-hybridized carbons (Fsp3) is 0. The first-order valence-electron chi connectivity index (χ1n) is 14.7. The molecule has 1 N–H and O–H groups in total. The van der Waals surface area contributed by atoms with Gasteiger partial charge in [0.2, 0.25) is 0 Å². The first-order chi connectivity index (χ1) is 22.1. The van der Waals surface area contributed by atoms with E-state index < -0.39 is 5.97 Å². The first-order valence-corrected chi connectivity index (χ1v) is 14.7. The number of hydrogen-bond donors (Lipinski definition) is 1. The molecule has 0 saturated carbocycles. The van der Waals surface area contributed by atoms with E-state index in [9.17, 15) is 9.90 Å². The van der Waals surface area contributed by atoms with Crippen molar-refractivity contribution >= 4 is 55.7 Å². The van der Waals surface area contributed by atoms with Crippen molar-refractivity contribution in [1.82, 2.24) is 9.13 Å². The summed E-state index contributed by atoms with van der Waals surface area (Å²) in [4.78, 5) is 11.3. The standard InChI is InChI=1S/C40H25N3O2/c41-25-29(40(44)45)22-26-14-18-31(19-15-26)43-37-13-7-5-11-33(37)35-24-28(17-21-39(35)43)27-16-20-38-34(23-27)32-10-4-6-12-36(32)42(38)30-8-2-1-3-9-30/h1-24H,(H,44,45)/b29-22+. The lowest BCUT2D eigenvalue weighted by molar-refractivity contribution is -0.132. The van der Waals surface area contributed by atoms with Gasteiger partial charge in [0.05, 0.1) is 22.1 Å². The number of carboxylic acids is 1. The summed E-state index contributed by atoms with van der Waals surface area (Å²) in [6, 6.07) is 50.1. The normalized spacial score (nSPS) is 11.8. The molecule has 8 rings (SSSR count). The smallest absolute Gasteiger partial charge is 0.346 e. The van der Waals surface area contributed by atoms with Crippen LogP contribution in [0.5, 0.6) is 0 Å². The summed E-state index contributed by atoms with van der Waals surface area (Å²) < 4.78 is 4.55. The lowest BCUT2D eigenvalue weighted by Crippen LogP contribution is -1.97. The molecule has 212 valence electrons. The minimum Gasteiger partial charge on any atom is -0.477 e. The van der Waals surface area contributed by atoms with Crippen LogP contribution in [0.25, 0.3) is 72.2 Å². The number of rotatable bonds is 5. The molecule has 5 nitrogen and oxygen atoms in total. The van der Waals surface area contributed by atoms with Crippen molar-refractivity contribution in [3.63, 3.8) is 0 Å². The SMILES string of the molecule is N#C/C(=C\c1ccc(-n2c3ccccc3c3cc(-c4ccc5c(c4)c4ccccc4n5-c4ccccc4)ccc32)cc1)C(=O)O. The molecule has 0 spiro atoms. The highest BCUT2D eigenvalue weighted by Crippen LogP contribution is 2.38. The van der Waals surface area contributed by atoms with Crippen LogP contribution in [0.1, 0.15) is 5.56 Å². The Morgan fingerprint density at radius 1 is 0.556 bits per heavy atom. The molecule has 2 aromatic heterocycles. The predicted octanol–water partition coefficient (Wildman–Crippen LogP) is 9.54. The van der Waals surface area contributed by atoms with Crippen molar-refractivity contribution in [2.24, 2.45) is 0 Å². The molecule has 0 bridgehead atoms. The third-order valence-corrected chi connectivity index (χ3v) is 8.51. The van der Waals surface area contributed by atoms with Gasteiger partial charge in [0.25, 0.3) is 0 Å². The zero-order chi connectivity index (χ0) is 30.5. The quantitative estimate of drug-likeness (QED) is 0.163. The molecule has 0 aliphatic heterocycles. The summed E-state index contributed by atoms with van der Waals surface area (Å²) in [7, 11) is 0. The van der Waals surface area contributed by atoms with Gasteiger partial charge in [0.15, 0.2) is 0 Å². The molecule has 8 aromatic rings. The van der Waals surface area contributed by atoms with Gasteiger partial charge < -0.3 is 14.2 Å². The number of para-hydroxylation sites is 3. The summed E-state index contributed by atoms with van der Waals surface area (Å²) >= 11 is 0. The van der Waals surface area contributed by atoms with Gasteiger partial charge in [-0.05, 0) is 83.4 Å². The van der Waals surface area contributed by atoms with Gasteiger partial charge in [-0.2, -0.15) is 5.26 Å². The minimum absolute atomic E-state index is 0.296. The Kier molecular flexibility index (Phi) is 6.07. The molecule has 0 atom stereocenters. The molecule has 5 heteroatoms. The maximum Gasteiger partial charge on any atom is 0.346 e. The average Bonchev–Trinajstić information content (AvgIpc) is 3.60. The molecule has 0 unspecified atom stereocenters. The number of nitriles is 1. The summed E-state index contributed by atoms with van der Waals surface area (Å²) in [5, 5.41) is 23.1. The Morgan fingerprint density at radius 3 is 1.53 bits per heavy atom. The number of aromatic nitrogens is 2. The zero-order valence-electron chi connectivity index (χ0n) is 24.1. The largest absolute Gasteiger partial charge is 0.477 e. The van der Waals surface area contributed by atoms with Gasteiger partial charge in [-0.25, -0.2) is 4.79 Å². The molecule has 0 fully saturated rings. The van der Waals surface area contributed by atoms with Crippen molar-refractivity contribution in [2.45, 2.75) is 0 Å². The molecule has 2 heterocycles. The van der Waals surface area contributed by atoms with Crippen LogP contribution in [-0.2, 0) is 4.79 Å². The highest BCUT2D eigenvalue weighted by Gasteiger charge is 2.16. The highest BCUT2D eigenvalue weighted by molar-refractivity contribution is 6.12. The van der Waals surface area contributed by atoms with Crippen LogP contribution in [0.2, 0.25) is 0 Å². The van der Waals surface area contributed by atoms with Crippen LogP contribution in [0, 0.1) is 11.3 Å². The number of benzene rings is 6. The van der Waals surface area contributed by atoms with E-state index in [1.807, 2.05) is 36.4 Å². The third kappa shape index (κ3) is 4.28. The number of carbonyl (C=O) groups is 1. The summed E-state index contributed by atoms with van der Waals surface area (Å²) in [6.07, 6.45) is 1.39. The fourth-order valence-corrected chi connectivity index (χ4v) is 6.47. The molecule has 6 aromatic carbocycles. The van der Waals surface area contributed by atoms with Crippen molar-refractivity contribution in [3.05, 3.63) is 151 Å². The van der Waals surface area contributed by atoms with Gasteiger partial charge in [0, 0.05) is 32.9 Å². The molecule has 0 radical (unpaired) electrons. The summed E-state index contributed by atoms with van der Waals surface area (Å²) in [5.74, 6) is -1.24. The zero-order valence-corrected chi connectivity index (χ0v) is 24.1. The van der Waals surface area contributed by atoms with E-state index in [0.717, 1.165) is 44.3 Å². The predicted molar refractivity (Wildman–Crippen MR) is 182 cm³/mol. The Balaban J connectivity index is 1.27. The maximum atomic E-state index is 11.3. The second kappa shape index (κ2) is 10.4. The topological polar surface area (TPSA) is 71.0 Å². The van der Waals surface area contributed by atoms with E-state index in [2.05, 4.69) is 112 Å². The van der Waals surface area contributed by atoms with E-state index in [1.54, 1.807) is 6.07 Å². The lowest BCUT2D eigenvalue weighted by atomic mass is 10.0. The van der Waals surface area contributed by atoms with Gasteiger partial charge in [-0.1, -0.05) is 78.9 Å². The lowest BCUT2D eigenvalue weighted by Gasteiger charge is -2.09.